The van der Waals surface area contributed by atoms with Crippen LogP contribution in [-0.4, -0.2) is 45.1 Å². The largest absolute Gasteiger partial charge is 0.444 e. The van der Waals surface area contributed by atoms with Crippen LogP contribution < -0.4 is 10.9 Å². The molecule has 1 aromatic carbocycles. The smallest absolute Gasteiger partial charge is 0.407 e. The predicted molar refractivity (Wildman–Crippen MR) is 119 cm³/mol. The van der Waals surface area contributed by atoms with Gasteiger partial charge in [0.25, 0.3) is 5.56 Å². The number of hydrogen-bond acceptors (Lipinski definition) is 5. The zero-order valence-electron chi connectivity index (χ0n) is 18.7. The number of para-hydroxylation sites is 1. The average molecular weight is 429 g/mol. The normalized spacial score (nSPS) is 19.1. The highest BCUT2D eigenvalue weighted by Crippen LogP contribution is 2.27. The molecule has 3 rings (SSSR count). The Morgan fingerprint density at radius 3 is 2.65 bits per heavy atom. The second kappa shape index (κ2) is 9.49. The molecule has 0 aliphatic heterocycles. The van der Waals surface area contributed by atoms with E-state index >= 15 is 0 Å². The third kappa shape index (κ3) is 5.83. The third-order valence-corrected chi connectivity index (χ3v) is 5.48. The van der Waals surface area contributed by atoms with Gasteiger partial charge in [-0.3, -0.25) is 9.59 Å². The molecule has 168 valence electrons. The molecule has 1 fully saturated rings. The van der Waals surface area contributed by atoms with Gasteiger partial charge < -0.3 is 19.9 Å². The number of hydrogen-bond donors (Lipinski definition) is 2. The molecule has 2 atom stereocenters. The van der Waals surface area contributed by atoms with E-state index in [4.69, 9.17) is 4.74 Å². The van der Waals surface area contributed by atoms with E-state index in [-0.39, 0.29) is 30.0 Å². The second-order valence-electron chi connectivity index (χ2n) is 9.03. The third-order valence-electron chi connectivity index (χ3n) is 5.48. The molecule has 1 aliphatic rings. The summed E-state index contributed by atoms with van der Waals surface area (Å²) in [6.45, 7) is 8.02. The molecule has 0 radical (unpaired) electrons. The molecule has 1 heterocycles. The topological polar surface area (TPSA) is 104 Å². The van der Waals surface area contributed by atoms with Crippen LogP contribution in [0.25, 0.3) is 10.9 Å². The maximum Gasteiger partial charge on any atom is 0.407 e. The van der Waals surface area contributed by atoms with Crippen molar-refractivity contribution in [2.24, 2.45) is 5.92 Å². The zero-order chi connectivity index (χ0) is 22.6. The van der Waals surface area contributed by atoms with Crippen LogP contribution in [0.5, 0.6) is 0 Å². The maximum absolute atomic E-state index is 13.4. The number of alkyl carbamates (subject to hydrolysis) is 1. The summed E-state index contributed by atoms with van der Waals surface area (Å²) < 4.78 is 5.38. The van der Waals surface area contributed by atoms with E-state index in [1.807, 2.05) is 33.8 Å². The minimum atomic E-state index is -0.596. The molecule has 0 saturated heterocycles. The van der Waals surface area contributed by atoms with Crippen LogP contribution in [0.2, 0.25) is 0 Å². The molecular formula is C23H32N4O4. The fourth-order valence-electron chi connectivity index (χ4n) is 4.03. The molecule has 31 heavy (non-hydrogen) atoms. The Bertz CT molecular complexity index is 995. The van der Waals surface area contributed by atoms with Gasteiger partial charge in [-0.2, -0.15) is 0 Å². The van der Waals surface area contributed by atoms with Gasteiger partial charge >= 0.3 is 6.09 Å². The first-order valence-corrected chi connectivity index (χ1v) is 10.9. The molecule has 1 aliphatic carbocycles. The average Bonchev–Trinajstić information content (AvgIpc) is 2.70. The monoisotopic (exact) mass is 428 g/mol. The molecular weight excluding hydrogens is 396 g/mol. The SMILES string of the molecule is CCN(Cc1nc2ccccc2c(=O)[nH]1)C(=O)[C@@H]1CCCC[C@@H]1NC(=O)OC(C)(C)C. The lowest BCUT2D eigenvalue weighted by molar-refractivity contribution is -0.138. The lowest BCUT2D eigenvalue weighted by Gasteiger charge is -2.35. The summed E-state index contributed by atoms with van der Waals surface area (Å²) in [5.74, 6) is 0.0822. The van der Waals surface area contributed by atoms with E-state index in [1.54, 1.807) is 23.1 Å². The summed E-state index contributed by atoms with van der Waals surface area (Å²) in [7, 11) is 0. The van der Waals surface area contributed by atoms with Gasteiger partial charge in [0.1, 0.15) is 11.4 Å². The van der Waals surface area contributed by atoms with Crippen LogP contribution in [0.1, 0.15) is 59.2 Å². The minimum absolute atomic E-state index is 0.0425. The maximum atomic E-state index is 13.4. The Balaban J connectivity index is 1.75. The van der Waals surface area contributed by atoms with Crippen molar-refractivity contribution in [3.05, 3.63) is 40.4 Å². The van der Waals surface area contributed by atoms with Crippen LogP contribution in [0, 0.1) is 5.92 Å². The molecule has 1 aromatic heterocycles. The second-order valence-corrected chi connectivity index (χ2v) is 9.03. The summed E-state index contributed by atoms with van der Waals surface area (Å²) in [6, 6.07) is 6.86. The number of benzene rings is 1. The number of aromatic nitrogens is 2. The van der Waals surface area contributed by atoms with Gasteiger partial charge in [0.05, 0.1) is 23.4 Å². The minimum Gasteiger partial charge on any atom is -0.444 e. The van der Waals surface area contributed by atoms with Gasteiger partial charge in [-0.1, -0.05) is 25.0 Å². The number of nitrogens with one attached hydrogen (secondary N) is 2. The van der Waals surface area contributed by atoms with Gasteiger partial charge in [-0.25, -0.2) is 9.78 Å². The summed E-state index contributed by atoms with van der Waals surface area (Å²) in [6.07, 6.45) is 2.83. The molecule has 2 amide bonds. The summed E-state index contributed by atoms with van der Waals surface area (Å²) >= 11 is 0. The highest BCUT2D eigenvalue weighted by Gasteiger charge is 2.35. The van der Waals surface area contributed by atoms with Gasteiger partial charge in [-0.05, 0) is 52.7 Å². The highest BCUT2D eigenvalue weighted by molar-refractivity contribution is 5.81. The van der Waals surface area contributed by atoms with Crippen molar-refractivity contribution in [3.63, 3.8) is 0 Å². The van der Waals surface area contributed by atoms with Gasteiger partial charge in [0.15, 0.2) is 0 Å². The fourth-order valence-corrected chi connectivity index (χ4v) is 4.03. The molecule has 0 bridgehead atoms. The lowest BCUT2D eigenvalue weighted by Crippen LogP contribution is -2.50. The van der Waals surface area contributed by atoms with E-state index in [1.165, 1.54) is 0 Å². The number of fused-ring (bicyclic) bond motifs is 1. The summed E-state index contributed by atoms with van der Waals surface area (Å²) in [5, 5.41) is 3.42. The predicted octanol–water partition coefficient (Wildman–Crippen LogP) is 3.36. The lowest BCUT2D eigenvalue weighted by atomic mass is 9.83. The molecule has 1 saturated carbocycles. The first kappa shape index (κ1) is 22.8. The Morgan fingerprint density at radius 2 is 1.94 bits per heavy atom. The first-order valence-electron chi connectivity index (χ1n) is 10.9. The standard InChI is InChI=1S/C23H32N4O4/c1-5-27(14-19-24-17-12-8-6-10-15(17)20(28)26-19)21(29)16-11-7-9-13-18(16)25-22(30)31-23(2,3)4/h6,8,10,12,16,18H,5,7,9,11,13-14H2,1-4H3,(H,25,30)(H,24,26,28)/t16-,18+/m1/s1. The molecule has 0 spiro atoms. The van der Waals surface area contributed by atoms with E-state index in [0.29, 0.717) is 29.7 Å². The highest BCUT2D eigenvalue weighted by atomic mass is 16.6. The van der Waals surface area contributed by atoms with Crippen molar-refractivity contribution < 1.29 is 14.3 Å². The van der Waals surface area contributed by atoms with Crippen LogP contribution in [0.3, 0.4) is 0 Å². The molecule has 2 N–H and O–H groups in total. The number of rotatable bonds is 5. The van der Waals surface area contributed by atoms with Crippen molar-refractivity contribution >= 4 is 22.9 Å². The van der Waals surface area contributed by atoms with E-state index < -0.39 is 11.7 Å². The van der Waals surface area contributed by atoms with Crippen LogP contribution >= 0.6 is 0 Å². The Labute approximate surface area is 182 Å². The van der Waals surface area contributed by atoms with E-state index in [2.05, 4.69) is 15.3 Å². The van der Waals surface area contributed by atoms with Crippen molar-refractivity contribution in [1.29, 1.82) is 0 Å². The quantitative estimate of drug-likeness (QED) is 0.760. The Hall–Kier alpha value is -2.90. The number of nitrogens with zero attached hydrogens (tertiary/aromatic N) is 2. The van der Waals surface area contributed by atoms with Crippen molar-refractivity contribution in [3.8, 4) is 0 Å². The Morgan fingerprint density at radius 1 is 1.23 bits per heavy atom. The van der Waals surface area contributed by atoms with Crippen molar-refractivity contribution in [2.45, 2.75) is 71.6 Å². The van der Waals surface area contributed by atoms with Gasteiger partial charge in [-0.15, -0.1) is 0 Å². The molecule has 8 nitrogen and oxygen atoms in total. The van der Waals surface area contributed by atoms with Crippen LogP contribution in [-0.2, 0) is 16.1 Å². The van der Waals surface area contributed by atoms with Gasteiger partial charge in [0, 0.05) is 12.6 Å². The summed E-state index contributed by atoms with van der Waals surface area (Å²) in [4.78, 5) is 47.0. The van der Waals surface area contributed by atoms with E-state index in [9.17, 15) is 14.4 Å². The number of carbonyl (C=O) groups is 2. The zero-order valence-corrected chi connectivity index (χ0v) is 18.7. The number of amides is 2. The van der Waals surface area contributed by atoms with Gasteiger partial charge in [0.2, 0.25) is 5.91 Å². The fraction of sp³-hybridized carbons (Fsp3) is 0.565. The van der Waals surface area contributed by atoms with Crippen LogP contribution in [0.4, 0.5) is 4.79 Å². The Kier molecular flexibility index (Phi) is 6.97. The van der Waals surface area contributed by atoms with E-state index in [0.717, 1.165) is 19.3 Å². The number of ether oxygens (including phenoxy) is 1. The first-order chi connectivity index (χ1) is 14.7. The number of H-pyrrole nitrogens is 1. The number of aromatic amines is 1. The van der Waals surface area contributed by atoms with Crippen molar-refractivity contribution in [2.75, 3.05) is 6.54 Å². The summed E-state index contributed by atoms with van der Waals surface area (Å²) in [5.41, 5.74) is -0.209. The molecule has 8 heteroatoms. The van der Waals surface area contributed by atoms with Crippen molar-refractivity contribution in [1.82, 2.24) is 20.2 Å². The number of carbonyl (C=O) groups excluding carboxylic acids is 2. The van der Waals surface area contributed by atoms with Crippen LogP contribution in [0.15, 0.2) is 29.1 Å². The molecule has 0 unspecified atom stereocenters. The molecule has 2 aromatic rings.